The van der Waals surface area contributed by atoms with Crippen LogP contribution in [0.25, 0.3) is 0 Å². The second-order valence-electron chi connectivity index (χ2n) is 5.67. The summed E-state index contributed by atoms with van der Waals surface area (Å²) in [6.07, 6.45) is 8.33. The molecule has 1 fully saturated rings. The van der Waals surface area contributed by atoms with Crippen LogP contribution >= 0.6 is 0 Å². The van der Waals surface area contributed by atoms with Crippen LogP contribution in [0.4, 0.5) is 0 Å². The number of carbonyl (C=O) groups excluding carboxylic acids is 1. The van der Waals surface area contributed by atoms with Crippen LogP contribution in [0.2, 0.25) is 0 Å². The fourth-order valence-electron chi connectivity index (χ4n) is 2.61. The van der Waals surface area contributed by atoms with Crippen molar-refractivity contribution >= 4 is 5.91 Å². The summed E-state index contributed by atoms with van der Waals surface area (Å²) in [5, 5.41) is 13.2. The number of hydrogen-bond donors (Lipinski definition) is 3. The monoisotopic (exact) mass is 256 g/mol. The molecule has 1 aliphatic carbocycles. The van der Waals surface area contributed by atoms with Crippen LogP contribution < -0.4 is 11.1 Å². The predicted octanol–water partition coefficient (Wildman–Crippen LogP) is 1.71. The third kappa shape index (κ3) is 5.83. The summed E-state index contributed by atoms with van der Waals surface area (Å²) in [4.78, 5) is 11.7. The summed E-state index contributed by atoms with van der Waals surface area (Å²) >= 11 is 0. The number of amides is 1. The number of rotatable bonds is 6. The van der Waals surface area contributed by atoms with Gasteiger partial charge in [0, 0.05) is 19.0 Å². The van der Waals surface area contributed by atoms with Gasteiger partial charge in [0.05, 0.1) is 5.60 Å². The van der Waals surface area contributed by atoms with E-state index in [9.17, 15) is 9.90 Å². The Morgan fingerprint density at radius 3 is 2.50 bits per heavy atom. The molecule has 1 atom stereocenters. The van der Waals surface area contributed by atoms with Crippen LogP contribution in [0.15, 0.2) is 0 Å². The first kappa shape index (κ1) is 15.4. The van der Waals surface area contributed by atoms with Crippen LogP contribution in [0, 0.1) is 0 Å². The van der Waals surface area contributed by atoms with Crippen LogP contribution in [-0.2, 0) is 4.79 Å². The van der Waals surface area contributed by atoms with Crippen molar-refractivity contribution in [3.8, 4) is 0 Å². The average molecular weight is 256 g/mol. The van der Waals surface area contributed by atoms with Crippen LogP contribution in [-0.4, -0.2) is 29.2 Å². The minimum absolute atomic E-state index is 0.0337. The molecule has 18 heavy (non-hydrogen) atoms. The Balaban J connectivity index is 2.27. The second-order valence-corrected chi connectivity index (χ2v) is 5.67. The highest BCUT2D eigenvalue weighted by Crippen LogP contribution is 2.26. The summed E-state index contributed by atoms with van der Waals surface area (Å²) in [6.45, 7) is 2.44. The van der Waals surface area contributed by atoms with E-state index in [2.05, 4.69) is 12.2 Å². The zero-order valence-electron chi connectivity index (χ0n) is 11.6. The average Bonchev–Trinajstić information content (AvgIpc) is 2.53. The lowest BCUT2D eigenvalue weighted by molar-refractivity contribution is -0.122. The molecule has 4 heteroatoms. The van der Waals surface area contributed by atoms with Crippen LogP contribution in [0.3, 0.4) is 0 Å². The zero-order valence-corrected chi connectivity index (χ0v) is 11.6. The maximum Gasteiger partial charge on any atom is 0.221 e. The molecule has 1 amide bonds. The molecular formula is C14H28N2O2. The van der Waals surface area contributed by atoms with E-state index < -0.39 is 5.60 Å². The molecule has 1 rings (SSSR count). The van der Waals surface area contributed by atoms with E-state index in [-0.39, 0.29) is 11.9 Å². The SMILES string of the molecule is CCCC(N)CC(=O)NCC1(O)CCCCCC1. The highest BCUT2D eigenvalue weighted by atomic mass is 16.3. The van der Waals surface area contributed by atoms with Gasteiger partial charge < -0.3 is 16.2 Å². The summed E-state index contributed by atoms with van der Waals surface area (Å²) in [5.74, 6) is -0.0337. The van der Waals surface area contributed by atoms with Gasteiger partial charge in [-0.15, -0.1) is 0 Å². The summed E-state index contributed by atoms with van der Waals surface area (Å²) < 4.78 is 0. The van der Waals surface area contributed by atoms with Gasteiger partial charge in [-0.1, -0.05) is 39.0 Å². The number of hydrogen-bond acceptors (Lipinski definition) is 3. The summed E-state index contributed by atoms with van der Waals surface area (Å²) in [5.41, 5.74) is 5.14. The van der Waals surface area contributed by atoms with E-state index in [1.807, 2.05) is 0 Å². The molecule has 0 heterocycles. The molecule has 0 bridgehead atoms. The normalized spacial score (nSPS) is 21.1. The molecule has 1 aliphatic rings. The largest absolute Gasteiger partial charge is 0.388 e. The molecule has 4 nitrogen and oxygen atoms in total. The first-order valence-corrected chi connectivity index (χ1v) is 7.30. The van der Waals surface area contributed by atoms with Crippen molar-refractivity contribution in [2.75, 3.05) is 6.54 Å². The van der Waals surface area contributed by atoms with Crippen molar-refractivity contribution in [2.24, 2.45) is 5.73 Å². The lowest BCUT2D eigenvalue weighted by Crippen LogP contribution is -2.43. The minimum atomic E-state index is -0.693. The van der Waals surface area contributed by atoms with Gasteiger partial charge in [0.25, 0.3) is 0 Å². The van der Waals surface area contributed by atoms with Crippen LogP contribution in [0.1, 0.15) is 64.7 Å². The molecule has 0 aliphatic heterocycles. The zero-order chi connectivity index (χ0) is 13.4. The van der Waals surface area contributed by atoms with E-state index in [1.165, 1.54) is 12.8 Å². The number of nitrogens with two attached hydrogens (primary N) is 1. The number of carbonyl (C=O) groups is 1. The standard InChI is InChI=1S/C14H28N2O2/c1-2-7-12(15)10-13(17)16-11-14(18)8-5-3-4-6-9-14/h12,18H,2-11,15H2,1H3,(H,16,17). The van der Waals surface area contributed by atoms with Crippen molar-refractivity contribution < 1.29 is 9.90 Å². The Labute approximate surface area is 110 Å². The topological polar surface area (TPSA) is 75.4 Å². The van der Waals surface area contributed by atoms with Crippen molar-refractivity contribution in [2.45, 2.75) is 76.4 Å². The summed E-state index contributed by atoms with van der Waals surface area (Å²) in [7, 11) is 0. The third-order valence-corrected chi connectivity index (χ3v) is 3.76. The molecule has 106 valence electrons. The molecule has 0 saturated heterocycles. The van der Waals surface area contributed by atoms with E-state index in [4.69, 9.17) is 5.73 Å². The molecule has 0 spiro atoms. The fourth-order valence-corrected chi connectivity index (χ4v) is 2.61. The summed E-state index contributed by atoms with van der Waals surface area (Å²) in [6, 6.07) is -0.0567. The highest BCUT2D eigenvalue weighted by molar-refractivity contribution is 5.76. The van der Waals surface area contributed by atoms with Gasteiger partial charge in [-0.3, -0.25) is 4.79 Å². The fraction of sp³-hybridized carbons (Fsp3) is 0.929. The molecule has 1 unspecified atom stereocenters. The number of aliphatic hydroxyl groups is 1. The molecule has 0 aromatic rings. The molecule has 0 aromatic heterocycles. The van der Waals surface area contributed by atoms with Crippen molar-refractivity contribution in [1.82, 2.24) is 5.32 Å². The second kappa shape index (κ2) is 7.74. The van der Waals surface area contributed by atoms with Crippen LogP contribution in [0.5, 0.6) is 0 Å². The smallest absolute Gasteiger partial charge is 0.221 e. The van der Waals surface area contributed by atoms with Crippen molar-refractivity contribution in [1.29, 1.82) is 0 Å². The van der Waals surface area contributed by atoms with Crippen molar-refractivity contribution in [3.63, 3.8) is 0 Å². The molecule has 1 saturated carbocycles. The van der Waals surface area contributed by atoms with E-state index >= 15 is 0 Å². The maximum absolute atomic E-state index is 11.7. The van der Waals surface area contributed by atoms with E-state index in [0.29, 0.717) is 13.0 Å². The first-order chi connectivity index (χ1) is 8.56. The quantitative estimate of drug-likeness (QED) is 0.633. The van der Waals surface area contributed by atoms with Crippen molar-refractivity contribution in [3.05, 3.63) is 0 Å². The lowest BCUT2D eigenvalue weighted by atomic mass is 9.94. The highest BCUT2D eigenvalue weighted by Gasteiger charge is 2.28. The van der Waals surface area contributed by atoms with Gasteiger partial charge in [-0.05, 0) is 19.3 Å². The lowest BCUT2D eigenvalue weighted by Gasteiger charge is -2.27. The number of nitrogens with one attached hydrogen (secondary N) is 1. The Hall–Kier alpha value is -0.610. The Morgan fingerprint density at radius 1 is 1.33 bits per heavy atom. The van der Waals surface area contributed by atoms with Gasteiger partial charge in [-0.25, -0.2) is 0 Å². The third-order valence-electron chi connectivity index (χ3n) is 3.76. The van der Waals surface area contributed by atoms with Gasteiger partial charge >= 0.3 is 0 Å². The minimum Gasteiger partial charge on any atom is -0.388 e. The van der Waals surface area contributed by atoms with Gasteiger partial charge in [0.15, 0.2) is 0 Å². The van der Waals surface area contributed by atoms with E-state index in [1.54, 1.807) is 0 Å². The molecule has 0 aromatic carbocycles. The Kier molecular flexibility index (Phi) is 6.65. The van der Waals surface area contributed by atoms with Gasteiger partial charge in [0.1, 0.15) is 0 Å². The molecular weight excluding hydrogens is 228 g/mol. The van der Waals surface area contributed by atoms with Gasteiger partial charge in [-0.2, -0.15) is 0 Å². The Morgan fingerprint density at radius 2 is 1.94 bits per heavy atom. The first-order valence-electron chi connectivity index (χ1n) is 7.30. The van der Waals surface area contributed by atoms with Gasteiger partial charge in [0.2, 0.25) is 5.91 Å². The Bertz CT molecular complexity index is 248. The maximum atomic E-state index is 11.7. The predicted molar refractivity (Wildman–Crippen MR) is 73.2 cm³/mol. The molecule has 0 radical (unpaired) electrons. The molecule has 4 N–H and O–H groups in total. The van der Waals surface area contributed by atoms with E-state index in [0.717, 1.165) is 38.5 Å².